The van der Waals surface area contributed by atoms with E-state index < -0.39 is 11.4 Å². The van der Waals surface area contributed by atoms with E-state index in [4.69, 9.17) is 17.7 Å². The average Bonchev–Trinajstić information content (AvgIpc) is 3.22. The lowest BCUT2D eigenvalue weighted by molar-refractivity contribution is 0.0539. The molecule has 2 aromatic carbocycles. The molecule has 2 aromatic rings. The largest absolute Gasteiger partial charge is 0.480 e. The Hall–Kier alpha value is -1.58. The van der Waals surface area contributed by atoms with Crippen LogP contribution in [0, 0.1) is 5.82 Å². The summed E-state index contributed by atoms with van der Waals surface area (Å²) in [6.07, 6.45) is 2.61. The van der Waals surface area contributed by atoms with Crippen LogP contribution in [-0.4, -0.2) is 12.6 Å². The first-order valence-corrected chi connectivity index (χ1v) is 7.95. The van der Waals surface area contributed by atoms with Gasteiger partial charge in [-0.2, -0.15) is 0 Å². The summed E-state index contributed by atoms with van der Waals surface area (Å²) in [6.45, 7) is 0.946. The molecule has 0 bridgehead atoms. The fourth-order valence-electron chi connectivity index (χ4n) is 3.60. The van der Waals surface area contributed by atoms with Gasteiger partial charge in [-0.15, -0.1) is 0 Å². The van der Waals surface area contributed by atoms with Crippen LogP contribution in [0.25, 0.3) is 0 Å². The van der Waals surface area contributed by atoms with Gasteiger partial charge in [-0.25, -0.2) is 4.39 Å². The van der Waals surface area contributed by atoms with Crippen LogP contribution in [0.1, 0.15) is 25.3 Å². The smallest absolute Gasteiger partial charge is 0.153 e. The van der Waals surface area contributed by atoms with Gasteiger partial charge in [-0.1, -0.05) is 41.9 Å². The molecule has 1 fully saturated rings. The maximum atomic E-state index is 13.9. The van der Waals surface area contributed by atoms with Gasteiger partial charge in [-0.05, 0) is 31.0 Å². The third kappa shape index (κ3) is 2.11. The van der Waals surface area contributed by atoms with E-state index in [9.17, 15) is 4.39 Å². The van der Waals surface area contributed by atoms with Crippen LogP contribution in [0.5, 0.6) is 5.75 Å². The number of rotatable bonds is 2. The second kappa shape index (κ2) is 5.25. The predicted octanol–water partition coefficient (Wildman–Crippen LogP) is 4.06. The lowest BCUT2D eigenvalue weighted by Gasteiger charge is -2.35. The Morgan fingerprint density at radius 1 is 1.36 bits per heavy atom. The molecule has 2 atom stereocenters. The molecule has 0 aromatic heterocycles. The van der Waals surface area contributed by atoms with Gasteiger partial charge < -0.3 is 10.1 Å². The molecule has 2 aliphatic rings. The first kappa shape index (κ1) is 12.9. The van der Waals surface area contributed by atoms with E-state index in [0.29, 0.717) is 17.7 Å². The number of nitrogens with one attached hydrogen (secondary N) is 1. The number of fused-ring (bicyclic) bond motifs is 1. The highest BCUT2D eigenvalue weighted by Gasteiger charge is 2.48. The molecule has 0 unspecified atom stereocenters. The Bertz CT molecular complexity index is 748. The zero-order valence-corrected chi connectivity index (χ0v) is 12.8. The minimum Gasteiger partial charge on any atom is -0.480 e. The Balaban J connectivity index is 1.85. The number of benzene rings is 2. The fraction of sp³-hybridized carbons (Fsp3) is 0.333. The van der Waals surface area contributed by atoms with Crippen LogP contribution >= 0.6 is 11.6 Å². The summed E-state index contributed by atoms with van der Waals surface area (Å²) in [6, 6.07) is 11.5. The molecule has 0 aliphatic carbocycles. The average molecular weight is 319 g/mol. The second-order valence-corrected chi connectivity index (χ2v) is 6.34. The van der Waals surface area contributed by atoms with Gasteiger partial charge in [-0.3, -0.25) is 0 Å². The molecule has 2 aliphatic heterocycles. The lowest BCUT2D eigenvalue weighted by Crippen LogP contribution is -2.48. The van der Waals surface area contributed by atoms with Crippen molar-refractivity contribution in [2.24, 2.45) is 0 Å². The van der Waals surface area contributed by atoms with Crippen molar-refractivity contribution >= 4 is 11.6 Å². The van der Waals surface area contributed by atoms with Crippen molar-refractivity contribution in [1.29, 1.82) is 0 Å². The van der Waals surface area contributed by atoms with Crippen LogP contribution in [0.4, 0.5) is 4.39 Å². The molecule has 22 heavy (non-hydrogen) atoms. The number of hydrogen-bond donors (Lipinski definition) is 1. The molecule has 0 saturated carbocycles. The van der Waals surface area contributed by atoms with Gasteiger partial charge in [0.2, 0.25) is 0 Å². The molecule has 1 saturated heterocycles. The number of ether oxygens (including phenoxy) is 1. The lowest BCUT2D eigenvalue weighted by atomic mass is 9.82. The quantitative estimate of drug-likeness (QED) is 0.901. The monoisotopic (exact) mass is 318 g/mol. The topological polar surface area (TPSA) is 21.3 Å². The molecule has 4 heteroatoms. The summed E-state index contributed by atoms with van der Waals surface area (Å²) in [4.78, 5) is 0. The highest BCUT2D eigenvalue weighted by molar-refractivity contribution is 6.30. The van der Waals surface area contributed by atoms with Gasteiger partial charge in [0.15, 0.2) is 5.60 Å². The Labute approximate surface area is 135 Å². The first-order chi connectivity index (χ1) is 11.1. The summed E-state index contributed by atoms with van der Waals surface area (Å²) >= 11 is 5.93. The molecular weight excluding hydrogens is 301 g/mol. The van der Waals surface area contributed by atoms with Crippen molar-refractivity contribution in [3.8, 4) is 5.75 Å². The SMILES string of the molecule is [2H]c1c(Cl)c(F)cc2c1C[C@](c1ccccc1)([C@@H]1CCCN1)O2. The first-order valence-electron chi connectivity index (χ1n) is 8.07. The van der Waals surface area contributed by atoms with Gasteiger partial charge >= 0.3 is 0 Å². The molecule has 2 nitrogen and oxygen atoms in total. The summed E-state index contributed by atoms with van der Waals surface area (Å²) < 4.78 is 28.4. The summed E-state index contributed by atoms with van der Waals surface area (Å²) in [7, 11) is 0. The molecule has 0 spiro atoms. The highest BCUT2D eigenvalue weighted by atomic mass is 35.5. The summed E-state index contributed by atoms with van der Waals surface area (Å²) in [5.74, 6) is -0.159. The standard InChI is InChI=1S/C18H17ClFNO/c19-14-9-12-11-18(17-7-4-8-21-17,13-5-2-1-3-6-13)22-16(12)10-15(14)20/h1-3,5-6,9-10,17,21H,4,7-8,11H2/t17-,18-/m0/s1/i9D. The minimum absolute atomic E-state index is 0.0393. The maximum absolute atomic E-state index is 13.9. The van der Waals surface area contributed by atoms with Gasteiger partial charge in [0.25, 0.3) is 0 Å². The Morgan fingerprint density at radius 3 is 2.91 bits per heavy atom. The van der Waals surface area contributed by atoms with E-state index in [-0.39, 0.29) is 17.1 Å². The molecule has 4 rings (SSSR count). The molecule has 2 heterocycles. The zero-order valence-electron chi connectivity index (χ0n) is 13.0. The number of hydrogen-bond acceptors (Lipinski definition) is 2. The van der Waals surface area contributed by atoms with Crippen molar-refractivity contribution in [3.05, 3.63) is 64.4 Å². The van der Waals surface area contributed by atoms with Crippen LogP contribution < -0.4 is 10.1 Å². The predicted molar refractivity (Wildman–Crippen MR) is 84.9 cm³/mol. The fourth-order valence-corrected chi connectivity index (χ4v) is 3.76. The van der Waals surface area contributed by atoms with Crippen molar-refractivity contribution in [1.82, 2.24) is 5.32 Å². The van der Waals surface area contributed by atoms with E-state index in [0.717, 1.165) is 24.9 Å². The minimum atomic E-state index is -0.604. The maximum Gasteiger partial charge on any atom is 0.153 e. The summed E-state index contributed by atoms with van der Waals surface area (Å²) in [5, 5.41) is 3.38. The van der Waals surface area contributed by atoms with Crippen molar-refractivity contribution in [3.63, 3.8) is 0 Å². The van der Waals surface area contributed by atoms with E-state index in [2.05, 4.69) is 5.32 Å². The number of halogens is 2. The van der Waals surface area contributed by atoms with Crippen LogP contribution in [-0.2, 0) is 12.0 Å². The molecule has 114 valence electrons. The van der Waals surface area contributed by atoms with Crippen LogP contribution in [0.15, 0.2) is 42.4 Å². The van der Waals surface area contributed by atoms with Crippen LogP contribution in [0.3, 0.4) is 0 Å². The van der Waals surface area contributed by atoms with Crippen molar-refractivity contribution in [2.45, 2.75) is 30.9 Å². The van der Waals surface area contributed by atoms with E-state index >= 15 is 0 Å². The van der Waals surface area contributed by atoms with E-state index in [1.54, 1.807) is 0 Å². The third-order valence-electron chi connectivity index (χ3n) is 4.64. The zero-order chi connectivity index (χ0) is 16.0. The van der Waals surface area contributed by atoms with Crippen molar-refractivity contribution < 1.29 is 10.5 Å². The van der Waals surface area contributed by atoms with E-state index in [1.165, 1.54) is 6.07 Å². The summed E-state index contributed by atoms with van der Waals surface area (Å²) in [5.41, 5.74) is 1.13. The molecule has 1 N–H and O–H groups in total. The van der Waals surface area contributed by atoms with Crippen LogP contribution in [0.2, 0.25) is 5.02 Å². The van der Waals surface area contributed by atoms with Crippen molar-refractivity contribution in [2.75, 3.05) is 6.54 Å². The normalized spacial score (nSPS) is 27.4. The van der Waals surface area contributed by atoms with E-state index in [1.807, 2.05) is 30.3 Å². The molecule has 0 amide bonds. The second-order valence-electron chi connectivity index (χ2n) is 5.96. The molecular formula is C18H17ClFNO. The van der Waals surface area contributed by atoms with Gasteiger partial charge in [0.1, 0.15) is 11.6 Å². The van der Waals surface area contributed by atoms with Gasteiger partial charge in [0, 0.05) is 18.1 Å². The Kier molecular flexibility index (Phi) is 3.08. The third-order valence-corrected chi connectivity index (χ3v) is 4.92. The van der Waals surface area contributed by atoms with Gasteiger partial charge in [0.05, 0.1) is 12.4 Å². The highest BCUT2D eigenvalue weighted by Crippen LogP contribution is 2.46. The Morgan fingerprint density at radius 2 is 2.18 bits per heavy atom. The molecule has 0 radical (unpaired) electrons.